The number of carbonyl (C=O) groups is 1. The Labute approximate surface area is 104 Å². The van der Waals surface area contributed by atoms with Gasteiger partial charge in [-0.25, -0.2) is 0 Å². The first-order valence-corrected chi connectivity index (χ1v) is 6.64. The van der Waals surface area contributed by atoms with Crippen LogP contribution in [0.15, 0.2) is 0 Å². The third-order valence-corrected chi connectivity index (χ3v) is 4.00. The first-order valence-electron chi connectivity index (χ1n) is 6.64. The van der Waals surface area contributed by atoms with Crippen molar-refractivity contribution in [3.63, 3.8) is 0 Å². The third kappa shape index (κ3) is 3.40. The van der Waals surface area contributed by atoms with Crippen LogP contribution in [0.3, 0.4) is 0 Å². The second-order valence-electron chi connectivity index (χ2n) is 5.16. The maximum Gasteiger partial charge on any atom is 0.208 e. The molecule has 5 heteroatoms. The van der Waals surface area contributed by atoms with Gasteiger partial charge in [-0.2, -0.15) is 0 Å². The molecular weight excluding hydrogens is 216 g/mol. The molecule has 0 aromatic carbocycles. The first kappa shape index (κ1) is 12.8. The Kier molecular flexibility index (Phi) is 4.76. The number of piperazine rings is 1. The highest BCUT2D eigenvalue weighted by Crippen LogP contribution is 2.20. The van der Waals surface area contributed by atoms with Crippen molar-refractivity contribution in [2.75, 3.05) is 46.3 Å². The van der Waals surface area contributed by atoms with E-state index in [9.17, 15) is 4.79 Å². The largest absolute Gasteiger partial charge is 0.343 e. The fourth-order valence-corrected chi connectivity index (χ4v) is 2.87. The van der Waals surface area contributed by atoms with Gasteiger partial charge < -0.3 is 15.5 Å². The standard InChI is InChI=1S/C12H24N4O/c1-15-6-8-16(9-7-15)12(14-10-17)11-2-4-13-5-3-11/h10-13H,2-9H2,1H3,(H,14,17). The molecule has 1 amide bonds. The molecule has 0 spiro atoms. The second kappa shape index (κ2) is 6.33. The first-order chi connectivity index (χ1) is 8.31. The quantitative estimate of drug-likeness (QED) is 0.638. The van der Waals surface area contributed by atoms with Gasteiger partial charge in [-0.05, 0) is 38.9 Å². The smallest absolute Gasteiger partial charge is 0.208 e. The van der Waals surface area contributed by atoms with Crippen molar-refractivity contribution in [3.8, 4) is 0 Å². The molecule has 1 unspecified atom stereocenters. The maximum absolute atomic E-state index is 10.8. The summed E-state index contributed by atoms with van der Waals surface area (Å²) in [6.07, 6.45) is 3.43. The lowest BCUT2D eigenvalue weighted by Gasteiger charge is -2.42. The van der Waals surface area contributed by atoms with Gasteiger partial charge in [0, 0.05) is 26.2 Å². The Morgan fingerprint density at radius 1 is 1.24 bits per heavy atom. The predicted molar refractivity (Wildman–Crippen MR) is 67.7 cm³/mol. The van der Waals surface area contributed by atoms with Crippen LogP contribution < -0.4 is 10.6 Å². The molecule has 0 aliphatic carbocycles. The molecule has 2 aliphatic rings. The van der Waals surface area contributed by atoms with E-state index < -0.39 is 0 Å². The highest BCUT2D eigenvalue weighted by atomic mass is 16.1. The fourth-order valence-electron chi connectivity index (χ4n) is 2.87. The van der Waals surface area contributed by atoms with Crippen molar-refractivity contribution in [1.29, 1.82) is 0 Å². The number of nitrogens with one attached hydrogen (secondary N) is 2. The summed E-state index contributed by atoms with van der Waals surface area (Å²) < 4.78 is 0. The van der Waals surface area contributed by atoms with Crippen LogP contribution >= 0.6 is 0 Å². The molecule has 17 heavy (non-hydrogen) atoms. The van der Waals surface area contributed by atoms with E-state index in [1.165, 1.54) is 0 Å². The number of amides is 1. The number of hydrogen-bond donors (Lipinski definition) is 2. The predicted octanol–water partition coefficient (Wildman–Crippen LogP) is -0.694. The number of piperidine rings is 1. The maximum atomic E-state index is 10.8. The van der Waals surface area contributed by atoms with Crippen molar-refractivity contribution >= 4 is 6.41 Å². The molecule has 0 bridgehead atoms. The third-order valence-electron chi connectivity index (χ3n) is 4.00. The Hall–Kier alpha value is -0.650. The van der Waals surface area contributed by atoms with E-state index in [4.69, 9.17) is 0 Å². The van der Waals surface area contributed by atoms with Gasteiger partial charge in [0.2, 0.25) is 6.41 Å². The van der Waals surface area contributed by atoms with Gasteiger partial charge in [-0.3, -0.25) is 9.69 Å². The molecule has 5 nitrogen and oxygen atoms in total. The summed E-state index contributed by atoms with van der Waals surface area (Å²) in [7, 11) is 2.16. The average molecular weight is 240 g/mol. The van der Waals surface area contributed by atoms with Gasteiger partial charge in [0.05, 0.1) is 6.17 Å². The van der Waals surface area contributed by atoms with Gasteiger partial charge in [-0.1, -0.05) is 0 Å². The van der Waals surface area contributed by atoms with Gasteiger partial charge in [0.25, 0.3) is 0 Å². The van der Waals surface area contributed by atoms with Crippen LogP contribution in [0.5, 0.6) is 0 Å². The second-order valence-corrected chi connectivity index (χ2v) is 5.16. The van der Waals surface area contributed by atoms with Gasteiger partial charge >= 0.3 is 0 Å². The highest BCUT2D eigenvalue weighted by molar-refractivity contribution is 5.46. The van der Waals surface area contributed by atoms with Crippen molar-refractivity contribution in [2.45, 2.75) is 19.0 Å². The molecule has 2 aliphatic heterocycles. The lowest BCUT2D eigenvalue weighted by atomic mass is 9.93. The molecule has 2 fully saturated rings. The summed E-state index contributed by atoms with van der Waals surface area (Å²) in [5.74, 6) is 0.602. The van der Waals surface area contributed by atoms with Gasteiger partial charge in [0.1, 0.15) is 0 Å². The lowest BCUT2D eigenvalue weighted by Crippen LogP contribution is -2.57. The van der Waals surface area contributed by atoms with E-state index in [-0.39, 0.29) is 6.17 Å². The summed E-state index contributed by atoms with van der Waals surface area (Å²) in [6.45, 7) is 6.48. The number of rotatable bonds is 4. The van der Waals surface area contributed by atoms with E-state index in [2.05, 4.69) is 27.5 Å². The number of nitrogens with zero attached hydrogens (tertiary/aromatic N) is 2. The molecule has 2 saturated heterocycles. The molecule has 2 heterocycles. The normalized spacial score (nSPS) is 26.6. The van der Waals surface area contributed by atoms with E-state index in [0.717, 1.165) is 58.5 Å². The monoisotopic (exact) mass is 240 g/mol. The van der Waals surface area contributed by atoms with Crippen molar-refractivity contribution in [1.82, 2.24) is 20.4 Å². The molecule has 2 rings (SSSR count). The lowest BCUT2D eigenvalue weighted by molar-refractivity contribution is -0.112. The number of likely N-dealkylation sites (N-methyl/N-ethyl adjacent to an activating group) is 1. The van der Waals surface area contributed by atoms with Crippen molar-refractivity contribution in [3.05, 3.63) is 0 Å². The van der Waals surface area contributed by atoms with Crippen molar-refractivity contribution < 1.29 is 4.79 Å². The van der Waals surface area contributed by atoms with E-state index in [0.29, 0.717) is 5.92 Å². The van der Waals surface area contributed by atoms with Gasteiger partial charge in [-0.15, -0.1) is 0 Å². The average Bonchev–Trinajstić information content (AvgIpc) is 2.38. The van der Waals surface area contributed by atoms with Crippen molar-refractivity contribution in [2.24, 2.45) is 5.92 Å². The molecule has 0 aromatic heterocycles. The molecule has 1 atom stereocenters. The molecule has 2 N–H and O–H groups in total. The van der Waals surface area contributed by atoms with Crippen LogP contribution in [0.1, 0.15) is 12.8 Å². The number of carbonyl (C=O) groups excluding carboxylic acids is 1. The fraction of sp³-hybridized carbons (Fsp3) is 0.917. The van der Waals surface area contributed by atoms with Crippen LogP contribution in [0.25, 0.3) is 0 Å². The van der Waals surface area contributed by atoms with Crippen LogP contribution in [-0.4, -0.2) is 68.7 Å². The zero-order chi connectivity index (χ0) is 12.1. The zero-order valence-electron chi connectivity index (χ0n) is 10.7. The molecule has 0 saturated carbocycles. The van der Waals surface area contributed by atoms with Crippen LogP contribution in [0.2, 0.25) is 0 Å². The Morgan fingerprint density at radius 3 is 2.47 bits per heavy atom. The summed E-state index contributed by atoms with van der Waals surface area (Å²) >= 11 is 0. The Balaban J connectivity index is 1.92. The topological polar surface area (TPSA) is 47.6 Å². The summed E-state index contributed by atoms with van der Waals surface area (Å²) in [5.41, 5.74) is 0. The van der Waals surface area contributed by atoms with E-state index >= 15 is 0 Å². The SMILES string of the molecule is CN1CCN(C(NC=O)C2CCNCC2)CC1. The number of hydrogen-bond acceptors (Lipinski definition) is 4. The van der Waals surface area contributed by atoms with E-state index in [1.807, 2.05) is 0 Å². The Morgan fingerprint density at radius 2 is 1.88 bits per heavy atom. The minimum atomic E-state index is 0.239. The minimum absolute atomic E-state index is 0.239. The molecular formula is C12H24N4O. The van der Waals surface area contributed by atoms with E-state index in [1.54, 1.807) is 0 Å². The summed E-state index contributed by atoms with van der Waals surface area (Å²) in [5, 5.41) is 6.41. The summed E-state index contributed by atoms with van der Waals surface area (Å²) in [6, 6.07) is 0. The van der Waals surface area contributed by atoms with Crippen LogP contribution in [0, 0.1) is 5.92 Å². The summed E-state index contributed by atoms with van der Waals surface area (Å²) in [4.78, 5) is 15.6. The van der Waals surface area contributed by atoms with Crippen LogP contribution in [0.4, 0.5) is 0 Å². The highest BCUT2D eigenvalue weighted by Gasteiger charge is 2.29. The van der Waals surface area contributed by atoms with Gasteiger partial charge in [0.15, 0.2) is 0 Å². The molecule has 0 aromatic rings. The zero-order valence-corrected chi connectivity index (χ0v) is 10.7. The van der Waals surface area contributed by atoms with Crippen LogP contribution in [-0.2, 0) is 4.79 Å². The Bertz CT molecular complexity index is 235. The molecule has 0 radical (unpaired) electrons. The minimum Gasteiger partial charge on any atom is -0.343 e. The molecule has 98 valence electrons.